The summed E-state index contributed by atoms with van der Waals surface area (Å²) in [6, 6.07) is 5.85. The standard InChI is InChI=1S/C28H27BrCl3F4NO2/c1-14(2)27(17-7-8-22(33)19(29)10-17)26(24(38)39,16-6-4-5-15(3)9-16)25(13-37-27,28(34,35)36)18-11-20(30)23(32)21(31)12-18/h7-8,10-16H,4-6,9H2,1-3H3,(H,38,39)/t15?,16?,25-,26+,27+/m0/s1. The fraction of sp³-hybridized carbons (Fsp3) is 0.500. The van der Waals surface area contributed by atoms with Crippen LogP contribution in [-0.2, 0) is 15.7 Å². The second kappa shape index (κ2) is 10.5. The molecule has 0 radical (unpaired) electrons. The Labute approximate surface area is 248 Å². The van der Waals surface area contributed by atoms with E-state index in [4.69, 9.17) is 34.8 Å². The molecule has 2 unspecified atom stereocenters. The van der Waals surface area contributed by atoms with Gasteiger partial charge in [0.15, 0.2) is 0 Å². The van der Waals surface area contributed by atoms with Crippen LogP contribution < -0.4 is 0 Å². The average Bonchev–Trinajstić information content (AvgIpc) is 3.19. The van der Waals surface area contributed by atoms with Crippen LogP contribution in [0.5, 0.6) is 0 Å². The first-order valence-electron chi connectivity index (χ1n) is 12.5. The number of alkyl halides is 3. The molecular weight excluding hydrogens is 645 g/mol. The fourth-order valence-corrected chi connectivity index (χ4v) is 8.16. The molecule has 212 valence electrons. The van der Waals surface area contributed by atoms with Gasteiger partial charge in [-0.15, -0.1) is 0 Å². The molecule has 0 spiro atoms. The number of hydrogen-bond donors (Lipinski definition) is 1. The van der Waals surface area contributed by atoms with Crippen LogP contribution in [0.15, 0.2) is 39.8 Å². The number of carboxylic acids is 1. The van der Waals surface area contributed by atoms with E-state index < -0.39 is 51.7 Å². The largest absolute Gasteiger partial charge is 0.481 e. The van der Waals surface area contributed by atoms with Crippen LogP contribution in [0.4, 0.5) is 17.6 Å². The fourth-order valence-electron chi connectivity index (χ4n) is 7.19. The second-order valence-electron chi connectivity index (χ2n) is 10.9. The van der Waals surface area contributed by atoms with E-state index in [9.17, 15) is 14.3 Å². The average molecular weight is 672 g/mol. The topological polar surface area (TPSA) is 49.7 Å². The van der Waals surface area contributed by atoms with Crippen molar-refractivity contribution in [3.63, 3.8) is 0 Å². The monoisotopic (exact) mass is 669 g/mol. The molecule has 1 fully saturated rings. The maximum absolute atomic E-state index is 15.9. The molecular formula is C28H27BrCl3F4NO2. The molecule has 39 heavy (non-hydrogen) atoms. The maximum atomic E-state index is 15.9. The lowest BCUT2D eigenvalue weighted by Gasteiger charge is -2.57. The number of hydrogen-bond acceptors (Lipinski definition) is 2. The predicted molar refractivity (Wildman–Crippen MR) is 150 cm³/mol. The van der Waals surface area contributed by atoms with Gasteiger partial charge in [-0.05, 0) is 81.9 Å². The molecule has 3 nitrogen and oxygen atoms in total. The van der Waals surface area contributed by atoms with E-state index in [-0.39, 0.29) is 43.9 Å². The van der Waals surface area contributed by atoms with E-state index in [0.29, 0.717) is 6.42 Å². The van der Waals surface area contributed by atoms with Crippen molar-refractivity contribution in [2.24, 2.45) is 28.2 Å². The van der Waals surface area contributed by atoms with Crippen molar-refractivity contribution < 1.29 is 27.5 Å². The summed E-state index contributed by atoms with van der Waals surface area (Å²) in [5.41, 5.74) is -7.96. The lowest BCUT2D eigenvalue weighted by Crippen LogP contribution is -2.69. The van der Waals surface area contributed by atoms with Crippen LogP contribution in [0.25, 0.3) is 0 Å². The highest BCUT2D eigenvalue weighted by atomic mass is 79.9. The van der Waals surface area contributed by atoms with Crippen LogP contribution in [0.1, 0.15) is 57.6 Å². The minimum absolute atomic E-state index is 0.00591. The second-order valence-corrected chi connectivity index (χ2v) is 13.0. The van der Waals surface area contributed by atoms with E-state index in [1.165, 1.54) is 12.1 Å². The SMILES string of the molecule is CC1CCCC([C@]2(C(=O)O)[C@](c3ccc(F)c(Br)c3)(C(C)C)N=C[C@@]2(c2cc(Cl)c(Cl)c(Cl)c2)C(F)(F)F)C1. The highest BCUT2D eigenvalue weighted by molar-refractivity contribution is 9.10. The number of nitrogens with zero attached hydrogens (tertiary/aromatic N) is 1. The van der Waals surface area contributed by atoms with Gasteiger partial charge < -0.3 is 5.11 Å². The Morgan fingerprint density at radius 1 is 1.10 bits per heavy atom. The molecule has 0 amide bonds. The van der Waals surface area contributed by atoms with Crippen molar-refractivity contribution in [2.45, 2.75) is 63.6 Å². The van der Waals surface area contributed by atoms with Crippen molar-refractivity contribution >= 4 is 62.9 Å². The Bertz CT molecular complexity index is 1310. The van der Waals surface area contributed by atoms with E-state index in [1.807, 2.05) is 6.92 Å². The predicted octanol–water partition coefficient (Wildman–Crippen LogP) is 9.88. The number of carboxylic acid groups (broad SMARTS) is 1. The third kappa shape index (κ3) is 4.26. The number of aliphatic carboxylic acids is 1. The van der Waals surface area contributed by atoms with Gasteiger partial charge in [0.1, 0.15) is 22.2 Å². The summed E-state index contributed by atoms with van der Waals surface area (Å²) in [7, 11) is 0. The summed E-state index contributed by atoms with van der Waals surface area (Å²) in [6.45, 7) is 5.20. The zero-order valence-electron chi connectivity index (χ0n) is 21.4. The molecule has 5 atom stereocenters. The van der Waals surface area contributed by atoms with Gasteiger partial charge in [0.2, 0.25) is 0 Å². The van der Waals surface area contributed by atoms with Crippen LogP contribution in [0, 0.1) is 29.0 Å². The molecule has 2 aliphatic rings. The number of benzene rings is 2. The summed E-state index contributed by atoms with van der Waals surface area (Å²) in [4.78, 5) is 18.5. The minimum Gasteiger partial charge on any atom is -0.481 e. The summed E-state index contributed by atoms with van der Waals surface area (Å²) in [6.07, 6.45) is -2.62. The third-order valence-corrected chi connectivity index (χ3v) is 10.5. The Morgan fingerprint density at radius 2 is 1.72 bits per heavy atom. The highest BCUT2D eigenvalue weighted by Gasteiger charge is 2.82. The van der Waals surface area contributed by atoms with Gasteiger partial charge in [0.05, 0.1) is 19.5 Å². The van der Waals surface area contributed by atoms with E-state index >= 15 is 13.2 Å². The van der Waals surface area contributed by atoms with Gasteiger partial charge in [0, 0.05) is 6.21 Å². The number of rotatable bonds is 5. The van der Waals surface area contributed by atoms with Crippen LogP contribution in [-0.4, -0.2) is 23.5 Å². The van der Waals surface area contributed by atoms with Crippen LogP contribution in [0.2, 0.25) is 15.1 Å². The molecule has 0 aromatic heterocycles. The van der Waals surface area contributed by atoms with Crippen molar-refractivity contribution in [3.8, 4) is 0 Å². The van der Waals surface area contributed by atoms with Gasteiger partial charge in [-0.3, -0.25) is 9.79 Å². The summed E-state index contributed by atoms with van der Waals surface area (Å²) in [5, 5.41) is 10.7. The third-order valence-electron chi connectivity index (χ3n) is 8.65. The van der Waals surface area contributed by atoms with Gasteiger partial charge in [-0.2, -0.15) is 13.2 Å². The van der Waals surface area contributed by atoms with Crippen molar-refractivity contribution in [2.75, 3.05) is 0 Å². The van der Waals surface area contributed by atoms with Crippen molar-refractivity contribution in [1.82, 2.24) is 0 Å². The van der Waals surface area contributed by atoms with E-state index in [1.54, 1.807) is 13.8 Å². The van der Waals surface area contributed by atoms with Gasteiger partial charge in [-0.25, -0.2) is 4.39 Å². The molecule has 2 aromatic rings. The van der Waals surface area contributed by atoms with E-state index in [2.05, 4.69) is 20.9 Å². The summed E-state index contributed by atoms with van der Waals surface area (Å²) < 4.78 is 62.1. The number of carbonyl (C=O) groups is 1. The first-order valence-corrected chi connectivity index (χ1v) is 14.5. The smallest absolute Gasteiger partial charge is 0.404 e. The molecule has 1 aliphatic carbocycles. The molecule has 0 bridgehead atoms. The molecule has 2 aromatic carbocycles. The molecule has 11 heteroatoms. The molecule has 4 rings (SSSR count). The molecule has 1 saturated carbocycles. The minimum atomic E-state index is -5.15. The molecule has 0 saturated heterocycles. The normalized spacial score (nSPS) is 31.2. The molecule has 1 aliphatic heterocycles. The lowest BCUT2D eigenvalue weighted by molar-refractivity contribution is -0.232. The van der Waals surface area contributed by atoms with E-state index in [0.717, 1.165) is 30.8 Å². The van der Waals surface area contributed by atoms with Crippen LogP contribution >= 0.6 is 50.7 Å². The van der Waals surface area contributed by atoms with Gasteiger partial charge >= 0.3 is 12.1 Å². The number of aliphatic imine (C=N–C) groups is 1. The first kappa shape index (κ1) is 30.6. The molecule has 1 N–H and O–H groups in total. The number of halogens is 8. The Morgan fingerprint density at radius 3 is 2.21 bits per heavy atom. The first-order chi connectivity index (χ1) is 18.1. The maximum Gasteiger partial charge on any atom is 0.404 e. The zero-order chi connectivity index (χ0) is 29.1. The van der Waals surface area contributed by atoms with Crippen LogP contribution in [0.3, 0.4) is 0 Å². The molecule has 1 heterocycles. The Kier molecular flexibility index (Phi) is 8.23. The van der Waals surface area contributed by atoms with Gasteiger partial charge in [-0.1, -0.05) is 74.5 Å². The Balaban J connectivity index is 2.25. The summed E-state index contributed by atoms with van der Waals surface area (Å²) in [5.74, 6) is -4.00. The van der Waals surface area contributed by atoms with Crippen molar-refractivity contribution in [1.29, 1.82) is 0 Å². The quantitative estimate of drug-likeness (QED) is 0.254. The lowest BCUT2D eigenvalue weighted by atomic mass is 9.43. The van der Waals surface area contributed by atoms with Crippen molar-refractivity contribution in [3.05, 3.63) is 66.8 Å². The van der Waals surface area contributed by atoms with Gasteiger partial charge in [0.25, 0.3) is 0 Å². The zero-order valence-corrected chi connectivity index (χ0v) is 25.2. The summed E-state index contributed by atoms with van der Waals surface area (Å²) >= 11 is 21.8. The Hall–Kier alpha value is -1.35. The highest BCUT2D eigenvalue weighted by Crippen LogP contribution is 2.71.